The molecular weight excluding hydrogens is 192 g/mol. The third kappa shape index (κ3) is 2.89. The minimum Gasteiger partial charge on any atom is -0.495 e. The van der Waals surface area contributed by atoms with Gasteiger partial charge in [-0.2, -0.15) is 0 Å². The van der Waals surface area contributed by atoms with E-state index in [0.29, 0.717) is 17.7 Å². The maximum atomic E-state index is 11.7. The minimum atomic E-state index is -0.559. The van der Waals surface area contributed by atoms with Crippen LogP contribution in [0, 0.1) is 0 Å². The second-order valence-electron chi connectivity index (χ2n) is 3.11. The number of rotatable bonds is 5. The van der Waals surface area contributed by atoms with Crippen molar-refractivity contribution < 1.29 is 9.53 Å². The Hall–Kier alpha value is -1.68. The van der Waals surface area contributed by atoms with Crippen molar-refractivity contribution in [1.82, 2.24) is 4.98 Å². The summed E-state index contributed by atoms with van der Waals surface area (Å²) in [5.41, 5.74) is 6.12. The maximum absolute atomic E-state index is 11.7. The fourth-order valence-corrected chi connectivity index (χ4v) is 1.17. The molecule has 0 spiro atoms. The number of carbonyl (C=O) groups excluding carboxylic acids is 1. The predicted molar refractivity (Wildman–Crippen MR) is 57.9 cm³/mol. The number of methoxy groups -OCH3 is 1. The molecule has 0 bridgehead atoms. The fraction of sp³-hybridized carbons (Fsp3) is 0.273. The van der Waals surface area contributed by atoms with E-state index in [1.54, 1.807) is 12.1 Å². The first-order valence-corrected chi connectivity index (χ1v) is 4.58. The van der Waals surface area contributed by atoms with E-state index >= 15 is 0 Å². The molecule has 2 N–H and O–H groups in total. The molecule has 1 aromatic heterocycles. The molecule has 4 nitrogen and oxygen atoms in total. The van der Waals surface area contributed by atoms with Gasteiger partial charge in [-0.1, -0.05) is 6.08 Å². The normalized spacial score (nSPS) is 11.9. The molecule has 0 saturated carbocycles. The SMILES string of the molecule is C=CCC(N)C(=O)c1cncc(OC)c1. The number of hydrogen-bond acceptors (Lipinski definition) is 4. The molecule has 1 heterocycles. The van der Waals surface area contributed by atoms with Crippen molar-refractivity contribution in [3.63, 3.8) is 0 Å². The van der Waals surface area contributed by atoms with Gasteiger partial charge in [0.25, 0.3) is 0 Å². The van der Waals surface area contributed by atoms with Crippen LogP contribution in [0.4, 0.5) is 0 Å². The number of ether oxygens (including phenoxy) is 1. The van der Waals surface area contributed by atoms with E-state index in [2.05, 4.69) is 11.6 Å². The average molecular weight is 206 g/mol. The van der Waals surface area contributed by atoms with Crippen LogP contribution in [0.1, 0.15) is 16.8 Å². The molecule has 15 heavy (non-hydrogen) atoms. The van der Waals surface area contributed by atoms with Gasteiger partial charge in [-0.05, 0) is 12.5 Å². The molecule has 0 aliphatic carbocycles. The number of pyridine rings is 1. The summed E-state index contributed by atoms with van der Waals surface area (Å²) in [4.78, 5) is 15.6. The summed E-state index contributed by atoms with van der Waals surface area (Å²) >= 11 is 0. The number of hydrogen-bond donors (Lipinski definition) is 1. The van der Waals surface area contributed by atoms with Gasteiger partial charge in [0.05, 0.1) is 19.3 Å². The first-order valence-electron chi connectivity index (χ1n) is 4.58. The number of nitrogens with zero attached hydrogens (tertiary/aromatic N) is 1. The topological polar surface area (TPSA) is 65.2 Å². The second-order valence-corrected chi connectivity index (χ2v) is 3.11. The Morgan fingerprint density at radius 2 is 2.47 bits per heavy atom. The first-order chi connectivity index (χ1) is 7.19. The van der Waals surface area contributed by atoms with Gasteiger partial charge in [0.2, 0.25) is 0 Å². The molecule has 0 aliphatic rings. The Kier molecular flexibility index (Phi) is 4.00. The molecule has 0 saturated heterocycles. The zero-order valence-electron chi connectivity index (χ0n) is 8.64. The van der Waals surface area contributed by atoms with Gasteiger partial charge in [-0.25, -0.2) is 0 Å². The molecule has 0 fully saturated rings. The van der Waals surface area contributed by atoms with E-state index in [9.17, 15) is 4.79 Å². The molecule has 1 unspecified atom stereocenters. The first kappa shape index (κ1) is 11.4. The lowest BCUT2D eigenvalue weighted by molar-refractivity contribution is 0.0961. The standard InChI is InChI=1S/C11H14N2O2/c1-3-4-10(12)11(14)8-5-9(15-2)7-13-6-8/h3,5-7,10H,1,4,12H2,2H3. The molecule has 0 aliphatic heterocycles. The van der Waals surface area contributed by atoms with Crippen molar-refractivity contribution in [2.24, 2.45) is 5.73 Å². The largest absolute Gasteiger partial charge is 0.495 e. The zero-order chi connectivity index (χ0) is 11.3. The van der Waals surface area contributed by atoms with Gasteiger partial charge >= 0.3 is 0 Å². The quantitative estimate of drug-likeness (QED) is 0.580. The lowest BCUT2D eigenvalue weighted by atomic mass is 10.0. The summed E-state index contributed by atoms with van der Waals surface area (Å²) < 4.78 is 4.97. The lowest BCUT2D eigenvalue weighted by Gasteiger charge is -2.08. The van der Waals surface area contributed by atoms with Crippen LogP contribution in [0.3, 0.4) is 0 Å². The Morgan fingerprint density at radius 1 is 1.73 bits per heavy atom. The molecular formula is C11H14N2O2. The summed E-state index contributed by atoms with van der Waals surface area (Å²) in [6.45, 7) is 3.54. The molecule has 80 valence electrons. The third-order valence-electron chi connectivity index (χ3n) is 1.99. The van der Waals surface area contributed by atoms with Gasteiger partial charge < -0.3 is 10.5 Å². The summed E-state index contributed by atoms with van der Waals surface area (Å²) in [6.07, 6.45) is 5.09. The van der Waals surface area contributed by atoms with Gasteiger partial charge in [0.1, 0.15) is 5.75 Å². The summed E-state index contributed by atoms with van der Waals surface area (Å²) in [5.74, 6) is 0.396. The van der Waals surface area contributed by atoms with E-state index in [-0.39, 0.29) is 5.78 Å². The molecule has 1 atom stereocenters. The van der Waals surface area contributed by atoms with Crippen molar-refractivity contribution in [3.05, 3.63) is 36.7 Å². The van der Waals surface area contributed by atoms with Gasteiger partial charge in [-0.15, -0.1) is 6.58 Å². The number of ketones is 1. The monoisotopic (exact) mass is 206 g/mol. The maximum Gasteiger partial charge on any atom is 0.181 e. The van der Waals surface area contributed by atoms with E-state index in [1.165, 1.54) is 19.5 Å². The third-order valence-corrected chi connectivity index (χ3v) is 1.99. The fourth-order valence-electron chi connectivity index (χ4n) is 1.17. The van der Waals surface area contributed by atoms with Crippen LogP contribution in [0.25, 0.3) is 0 Å². The summed E-state index contributed by atoms with van der Waals surface area (Å²) in [6, 6.07) is 1.06. The van der Waals surface area contributed by atoms with Crippen LogP contribution in [0.15, 0.2) is 31.1 Å². The highest BCUT2D eigenvalue weighted by molar-refractivity contribution is 6.00. The van der Waals surface area contributed by atoms with Crippen LogP contribution >= 0.6 is 0 Å². The molecule has 1 rings (SSSR count). The van der Waals surface area contributed by atoms with Crippen LogP contribution in [-0.2, 0) is 0 Å². The summed E-state index contributed by atoms with van der Waals surface area (Å²) in [5, 5.41) is 0. The number of Topliss-reactive ketones (excluding diaryl/α,β-unsaturated/α-hetero) is 1. The van der Waals surface area contributed by atoms with Crippen molar-refractivity contribution in [2.75, 3.05) is 7.11 Å². The van der Waals surface area contributed by atoms with Crippen LogP contribution < -0.4 is 10.5 Å². The Balaban J connectivity index is 2.85. The van der Waals surface area contributed by atoms with Crippen molar-refractivity contribution in [1.29, 1.82) is 0 Å². The highest BCUT2D eigenvalue weighted by atomic mass is 16.5. The number of carbonyl (C=O) groups is 1. The van der Waals surface area contributed by atoms with Crippen LogP contribution in [0.5, 0.6) is 5.75 Å². The molecule has 0 aromatic carbocycles. The minimum absolute atomic E-state index is 0.152. The van der Waals surface area contributed by atoms with Crippen molar-refractivity contribution in [2.45, 2.75) is 12.5 Å². The highest BCUT2D eigenvalue weighted by Gasteiger charge is 2.14. The van der Waals surface area contributed by atoms with Crippen molar-refractivity contribution >= 4 is 5.78 Å². The van der Waals surface area contributed by atoms with Gasteiger partial charge in [-0.3, -0.25) is 9.78 Å². The molecule has 4 heteroatoms. The van der Waals surface area contributed by atoms with Crippen molar-refractivity contribution in [3.8, 4) is 5.75 Å². The number of aromatic nitrogens is 1. The molecule has 0 radical (unpaired) electrons. The Bertz CT molecular complexity index is 363. The predicted octanol–water partition coefficient (Wildman–Crippen LogP) is 1.18. The van der Waals surface area contributed by atoms with E-state index in [1.807, 2.05) is 0 Å². The molecule has 0 amide bonds. The summed E-state index contributed by atoms with van der Waals surface area (Å²) in [7, 11) is 1.52. The highest BCUT2D eigenvalue weighted by Crippen LogP contribution is 2.12. The van der Waals surface area contributed by atoms with Crippen LogP contribution in [0.2, 0.25) is 0 Å². The van der Waals surface area contributed by atoms with E-state index in [4.69, 9.17) is 10.5 Å². The van der Waals surface area contributed by atoms with Gasteiger partial charge in [0, 0.05) is 11.8 Å². The Labute approximate surface area is 88.8 Å². The van der Waals surface area contributed by atoms with Gasteiger partial charge in [0.15, 0.2) is 5.78 Å². The lowest BCUT2D eigenvalue weighted by Crippen LogP contribution is -2.29. The second kappa shape index (κ2) is 5.26. The van der Waals surface area contributed by atoms with Crippen LogP contribution in [-0.4, -0.2) is 23.9 Å². The average Bonchev–Trinajstić information content (AvgIpc) is 2.28. The smallest absolute Gasteiger partial charge is 0.181 e. The van der Waals surface area contributed by atoms with E-state index < -0.39 is 6.04 Å². The number of nitrogens with two attached hydrogens (primary N) is 1. The zero-order valence-corrected chi connectivity index (χ0v) is 8.64. The Morgan fingerprint density at radius 3 is 3.07 bits per heavy atom. The van der Waals surface area contributed by atoms with E-state index in [0.717, 1.165) is 0 Å². The molecule has 1 aromatic rings.